The zero-order chi connectivity index (χ0) is 15.1. The van der Waals surface area contributed by atoms with Gasteiger partial charge in [-0.2, -0.15) is 0 Å². The third-order valence-corrected chi connectivity index (χ3v) is 4.35. The highest BCUT2D eigenvalue weighted by molar-refractivity contribution is 5.75. The van der Waals surface area contributed by atoms with E-state index < -0.39 is 0 Å². The van der Waals surface area contributed by atoms with E-state index in [9.17, 15) is 4.39 Å². The number of nitrogens with zero attached hydrogens (tertiary/aromatic N) is 2. The molecule has 1 aliphatic heterocycles. The summed E-state index contributed by atoms with van der Waals surface area (Å²) in [6.07, 6.45) is 0. The van der Waals surface area contributed by atoms with E-state index in [0.29, 0.717) is 12.5 Å². The van der Waals surface area contributed by atoms with Gasteiger partial charge in [-0.25, -0.2) is 9.37 Å². The molecular weight excluding hydrogens is 277 g/mol. The Bertz CT molecular complexity index is 818. The molecule has 1 aromatic heterocycles. The first-order valence-electron chi connectivity index (χ1n) is 7.61. The summed E-state index contributed by atoms with van der Waals surface area (Å²) in [4.78, 5) is 10.4. The first-order valence-corrected chi connectivity index (χ1v) is 7.61. The van der Waals surface area contributed by atoms with Gasteiger partial charge in [0.2, 0.25) is 0 Å². The monoisotopic (exact) mass is 295 g/mol. The fraction of sp³-hybridized carbons (Fsp3) is 0.278. The van der Waals surface area contributed by atoms with Crippen molar-refractivity contribution in [1.29, 1.82) is 0 Å². The van der Waals surface area contributed by atoms with E-state index in [1.165, 1.54) is 11.6 Å². The summed E-state index contributed by atoms with van der Waals surface area (Å²) in [7, 11) is 0. The Morgan fingerprint density at radius 3 is 2.86 bits per heavy atom. The van der Waals surface area contributed by atoms with Gasteiger partial charge in [-0.3, -0.25) is 4.90 Å². The Balaban J connectivity index is 1.45. The van der Waals surface area contributed by atoms with Crippen LogP contribution in [-0.4, -0.2) is 28.0 Å². The third kappa shape index (κ3) is 2.40. The van der Waals surface area contributed by atoms with E-state index >= 15 is 0 Å². The number of rotatable bonds is 3. The molecule has 0 aliphatic carbocycles. The van der Waals surface area contributed by atoms with E-state index in [0.717, 1.165) is 35.5 Å². The standard InChI is InChI=1S/C18H18FN3/c1-12-6-7-16-17(8-12)21-18(20-16)14-10-22(11-14)9-13-4-2-3-5-15(13)19/h2-8,14H,9-11H2,1H3,(H,20,21). The van der Waals surface area contributed by atoms with Crippen LogP contribution < -0.4 is 0 Å². The second-order valence-electron chi connectivity index (χ2n) is 6.13. The summed E-state index contributed by atoms with van der Waals surface area (Å²) in [6.45, 7) is 4.60. The van der Waals surface area contributed by atoms with Gasteiger partial charge in [-0.15, -0.1) is 0 Å². The first kappa shape index (κ1) is 13.5. The molecule has 2 heterocycles. The smallest absolute Gasteiger partial charge is 0.127 e. The van der Waals surface area contributed by atoms with Crippen molar-refractivity contribution < 1.29 is 4.39 Å². The van der Waals surface area contributed by atoms with Gasteiger partial charge in [0.1, 0.15) is 11.6 Å². The zero-order valence-corrected chi connectivity index (χ0v) is 12.5. The molecule has 0 bridgehead atoms. The molecule has 4 heteroatoms. The van der Waals surface area contributed by atoms with Gasteiger partial charge in [0.05, 0.1) is 11.0 Å². The molecule has 1 fully saturated rings. The number of nitrogens with one attached hydrogen (secondary N) is 1. The van der Waals surface area contributed by atoms with Crippen molar-refractivity contribution in [2.75, 3.05) is 13.1 Å². The average Bonchev–Trinajstić information content (AvgIpc) is 2.86. The molecule has 2 aromatic carbocycles. The minimum atomic E-state index is -0.120. The lowest BCUT2D eigenvalue weighted by molar-refractivity contribution is 0.133. The summed E-state index contributed by atoms with van der Waals surface area (Å²) in [5.74, 6) is 1.34. The molecule has 0 unspecified atom stereocenters. The molecule has 1 N–H and O–H groups in total. The van der Waals surface area contributed by atoms with Gasteiger partial charge < -0.3 is 4.98 Å². The number of imidazole rings is 1. The molecule has 1 saturated heterocycles. The normalized spacial score (nSPS) is 16.1. The van der Waals surface area contributed by atoms with E-state index in [1.54, 1.807) is 6.07 Å². The summed E-state index contributed by atoms with van der Waals surface area (Å²) < 4.78 is 13.7. The molecule has 1 aliphatic rings. The Labute approximate surface area is 128 Å². The molecule has 0 atom stereocenters. The van der Waals surface area contributed by atoms with Crippen LogP contribution in [-0.2, 0) is 6.54 Å². The van der Waals surface area contributed by atoms with Crippen molar-refractivity contribution in [1.82, 2.24) is 14.9 Å². The summed E-state index contributed by atoms with van der Waals surface area (Å²) in [5, 5.41) is 0. The summed E-state index contributed by atoms with van der Waals surface area (Å²) >= 11 is 0. The van der Waals surface area contributed by atoms with Gasteiger partial charge in [0.15, 0.2) is 0 Å². The van der Waals surface area contributed by atoms with Crippen LogP contribution in [0.2, 0.25) is 0 Å². The van der Waals surface area contributed by atoms with Crippen molar-refractivity contribution >= 4 is 11.0 Å². The van der Waals surface area contributed by atoms with Crippen LogP contribution in [0.3, 0.4) is 0 Å². The summed E-state index contributed by atoms with van der Waals surface area (Å²) in [5.41, 5.74) is 4.12. The second-order valence-corrected chi connectivity index (χ2v) is 6.13. The van der Waals surface area contributed by atoms with E-state index in [4.69, 9.17) is 0 Å². The van der Waals surface area contributed by atoms with Gasteiger partial charge >= 0.3 is 0 Å². The van der Waals surface area contributed by atoms with Gasteiger partial charge in [-0.05, 0) is 30.7 Å². The van der Waals surface area contributed by atoms with E-state index in [2.05, 4.69) is 40.0 Å². The Morgan fingerprint density at radius 1 is 1.23 bits per heavy atom. The highest BCUT2D eigenvalue weighted by atomic mass is 19.1. The molecule has 4 rings (SSSR count). The van der Waals surface area contributed by atoms with E-state index in [-0.39, 0.29) is 5.82 Å². The summed E-state index contributed by atoms with van der Waals surface area (Å²) in [6, 6.07) is 13.3. The number of H-pyrrole nitrogens is 1. The van der Waals surface area contributed by atoms with Crippen molar-refractivity contribution in [3.63, 3.8) is 0 Å². The largest absolute Gasteiger partial charge is 0.342 e. The number of hydrogen-bond donors (Lipinski definition) is 1. The fourth-order valence-electron chi connectivity index (χ4n) is 3.08. The molecule has 3 nitrogen and oxygen atoms in total. The number of aromatic amines is 1. The quantitative estimate of drug-likeness (QED) is 0.800. The van der Waals surface area contributed by atoms with Gasteiger partial charge in [0.25, 0.3) is 0 Å². The molecule has 3 aromatic rings. The van der Waals surface area contributed by atoms with Crippen LogP contribution in [0, 0.1) is 12.7 Å². The molecule has 0 spiro atoms. The van der Waals surface area contributed by atoms with Crippen LogP contribution in [0.25, 0.3) is 11.0 Å². The van der Waals surface area contributed by atoms with Crippen molar-refractivity contribution in [3.05, 3.63) is 65.2 Å². The molecule has 0 amide bonds. The topological polar surface area (TPSA) is 31.9 Å². The molecule has 112 valence electrons. The number of hydrogen-bond acceptors (Lipinski definition) is 2. The zero-order valence-electron chi connectivity index (χ0n) is 12.5. The predicted molar refractivity (Wildman–Crippen MR) is 85.2 cm³/mol. The number of fused-ring (bicyclic) bond motifs is 1. The molecular formula is C18H18FN3. The first-order chi connectivity index (χ1) is 10.7. The SMILES string of the molecule is Cc1ccc2nc(C3CN(Cc4ccccc4F)C3)[nH]c2c1. The van der Waals surface area contributed by atoms with Crippen LogP contribution in [0.4, 0.5) is 4.39 Å². The van der Waals surface area contributed by atoms with Crippen molar-refractivity contribution in [2.45, 2.75) is 19.4 Å². The highest BCUT2D eigenvalue weighted by Gasteiger charge is 2.30. The van der Waals surface area contributed by atoms with Crippen molar-refractivity contribution in [3.8, 4) is 0 Å². The number of halogens is 1. The van der Waals surface area contributed by atoms with Gasteiger partial charge in [0, 0.05) is 31.1 Å². The third-order valence-electron chi connectivity index (χ3n) is 4.35. The van der Waals surface area contributed by atoms with Crippen LogP contribution in [0.1, 0.15) is 22.9 Å². The predicted octanol–water partition coefficient (Wildman–Crippen LogP) is 3.61. The minimum absolute atomic E-state index is 0.120. The molecule has 0 saturated carbocycles. The number of benzene rings is 2. The molecule has 22 heavy (non-hydrogen) atoms. The maximum Gasteiger partial charge on any atom is 0.127 e. The fourth-order valence-corrected chi connectivity index (χ4v) is 3.08. The van der Waals surface area contributed by atoms with Crippen molar-refractivity contribution in [2.24, 2.45) is 0 Å². The maximum absolute atomic E-state index is 13.7. The average molecular weight is 295 g/mol. The van der Waals surface area contributed by atoms with Crippen LogP contribution in [0.15, 0.2) is 42.5 Å². The Hall–Kier alpha value is -2.20. The lowest BCUT2D eigenvalue weighted by Crippen LogP contribution is -2.44. The second kappa shape index (κ2) is 5.21. The number of aryl methyl sites for hydroxylation is 1. The van der Waals surface area contributed by atoms with E-state index in [1.807, 2.05) is 12.1 Å². The van der Waals surface area contributed by atoms with Crippen LogP contribution >= 0.6 is 0 Å². The number of likely N-dealkylation sites (tertiary alicyclic amines) is 1. The minimum Gasteiger partial charge on any atom is -0.342 e. The highest BCUT2D eigenvalue weighted by Crippen LogP contribution is 2.28. The maximum atomic E-state index is 13.7. The Morgan fingerprint density at radius 2 is 2.05 bits per heavy atom. The van der Waals surface area contributed by atoms with Crippen LogP contribution in [0.5, 0.6) is 0 Å². The number of aromatic nitrogens is 2. The lowest BCUT2D eigenvalue weighted by atomic mass is 9.98. The molecule has 0 radical (unpaired) electrons. The van der Waals surface area contributed by atoms with Gasteiger partial charge in [-0.1, -0.05) is 24.3 Å². The Kier molecular flexibility index (Phi) is 3.19. The lowest BCUT2D eigenvalue weighted by Gasteiger charge is -2.38.